The number of ether oxygens (including phenoxy) is 1. The third-order valence-corrected chi connectivity index (χ3v) is 17.0. The number of carboxylic acid groups (broad SMARTS) is 1. The molecule has 0 unspecified atom stereocenters. The molecule has 1 aliphatic carbocycles. The van der Waals surface area contributed by atoms with Crippen LogP contribution < -0.4 is 20.4 Å². The van der Waals surface area contributed by atoms with Crippen LogP contribution in [0.15, 0.2) is 36.4 Å². The second-order valence-corrected chi connectivity index (χ2v) is 22.3. The first kappa shape index (κ1) is 51.9. The summed E-state index contributed by atoms with van der Waals surface area (Å²) in [6.45, 7) is 9.02. The number of rotatable bonds is 12. The fourth-order valence-electron chi connectivity index (χ4n) is 13.1. The molecule has 4 aliphatic heterocycles. The lowest BCUT2D eigenvalue weighted by molar-refractivity contribution is -0.136. The molecule has 10 rings (SSSR count). The summed E-state index contributed by atoms with van der Waals surface area (Å²) in [7, 11) is 1.23. The van der Waals surface area contributed by atoms with Gasteiger partial charge in [0.1, 0.15) is 41.1 Å². The summed E-state index contributed by atoms with van der Waals surface area (Å²) in [4.78, 5) is 74.6. The molecule has 75 heavy (non-hydrogen) atoms. The highest BCUT2D eigenvalue weighted by Gasteiger charge is 2.43. The van der Waals surface area contributed by atoms with Gasteiger partial charge in [0.05, 0.1) is 53.3 Å². The summed E-state index contributed by atoms with van der Waals surface area (Å²) >= 11 is 0. The molecule has 0 bridgehead atoms. The van der Waals surface area contributed by atoms with Gasteiger partial charge in [-0.05, 0) is 118 Å². The number of nitrogens with zero attached hydrogens (tertiary/aromatic N) is 6. The zero-order valence-electron chi connectivity index (χ0n) is 43.3. The van der Waals surface area contributed by atoms with Crippen LogP contribution in [0.4, 0.5) is 38.5 Å². The van der Waals surface area contributed by atoms with Crippen LogP contribution >= 0.6 is 0 Å². The molecule has 6 heterocycles. The Morgan fingerprint density at radius 3 is 1.56 bits per heavy atom. The summed E-state index contributed by atoms with van der Waals surface area (Å²) in [5, 5.41) is 14.5. The van der Waals surface area contributed by atoms with Crippen molar-refractivity contribution in [1.82, 2.24) is 40.4 Å². The van der Waals surface area contributed by atoms with Gasteiger partial charge < -0.3 is 50.0 Å². The molecule has 4 amide bonds. The number of hydrogen-bond donors (Lipinski definition) is 5. The Kier molecular flexibility index (Phi) is 14.4. The van der Waals surface area contributed by atoms with Crippen molar-refractivity contribution in [3.63, 3.8) is 0 Å². The fraction of sp³-hybridized carbons (Fsp3) is 0.564. The van der Waals surface area contributed by atoms with Gasteiger partial charge in [0, 0.05) is 43.0 Å². The number of amides is 4. The van der Waals surface area contributed by atoms with Gasteiger partial charge in [-0.2, -0.15) is 0 Å². The van der Waals surface area contributed by atoms with E-state index in [1.807, 2.05) is 13.8 Å². The zero-order valence-corrected chi connectivity index (χ0v) is 43.3. The number of fused-ring (bicyclic) bond motifs is 2. The maximum absolute atomic E-state index is 16.9. The fourth-order valence-corrected chi connectivity index (χ4v) is 13.1. The van der Waals surface area contributed by atoms with Gasteiger partial charge in [0.2, 0.25) is 11.8 Å². The number of aromatic amines is 2. The number of piperidine rings is 1. The molecule has 5 fully saturated rings. The van der Waals surface area contributed by atoms with E-state index in [2.05, 4.69) is 20.6 Å². The van der Waals surface area contributed by atoms with E-state index in [9.17, 15) is 24.3 Å². The molecule has 16 nitrogen and oxygen atoms in total. The number of likely N-dealkylation sites (tertiary alicyclic amines) is 2. The van der Waals surface area contributed by atoms with Gasteiger partial charge in [0.25, 0.3) is 0 Å². The van der Waals surface area contributed by atoms with Gasteiger partial charge in [-0.3, -0.25) is 9.59 Å². The van der Waals surface area contributed by atoms with Crippen LogP contribution in [0.1, 0.15) is 158 Å². The molecule has 2 aromatic heterocycles. The van der Waals surface area contributed by atoms with Crippen molar-refractivity contribution >= 4 is 57.4 Å². The number of halogens is 4. The molecule has 0 radical (unpaired) electrons. The van der Waals surface area contributed by atoms with E-state index in [4.69, 9.17) is 14.7 Å². The quantitative estimate of drug-likeness (QED) is 0.0751. The highest BCUT2D eigenvalue weighted by atomic mass is 19.1. The summed E-state index contributed by atoms with van der Waals surface area (Å²) in [5.74, 6) is -3.16. The van der Waals surface area contributed by atoms with Gasteiger partial charge in [0.15, 0.2) is 11.6 Å². The van der Waals surface area contributed by atoms with Crippen LogP contribution in [0.2, 0.25) is 0 Å². The van der Waals surface area contributed by atoms with Gasteiger partial charge in [-0.1, -0.05) is 47.0 Å². The monoisotopic (exact) mass is 1040 g/mol. The normalized spacial score (nSPS) is 22.8. The smallest absolute Gasteiger partial charge is 0.407 e. The maximum atomic E-state index is 16.9. The first-order valence-corrected chi connectivity index (χ1v) is 26.8. The van der Waals surface area contributed by atoms with Gasteiger partial charge in [-0.15, -0.1) is 0 Å². The van der Waals surface area contributed by atoms with Crippen LogP contribution in [-0.4, -0.2) is 104 Å². The number of methoxy groups -OCH3 is 1. The summed E-state index contributed by atoms with van der Waals surface area (Å²) in [6, 6.07) is 3.87. The van der Waals surface area contributed by atoms with Crippen molar-refractivity contribution in [3.05, 3.63) is 82.4 Å². The van der Waals surface area contributed by atoms with E-state index in [1.54, 1.807) is 45.6 Å². The minimum Gasteiger partial charge on any atom is -0.465 e. The molecule has 4 saturated heterocycles. The Bertz CT molecular complexity index is 2960. The molecule has 402 valence electrons. The molecular weight excluding hydrogens is 973 g/mol. The van der Waals surface area contributed by atoms with Crippen molar-refractivity contribution in [2.45, 2.75) is 147 Å². The lowest BCUT2D eigenvalue weighted by Gasteiger charge is -2.45. The number of carbonyl (C=O) groups excluding carboxylic acids is 3. The number of alkyl carbamates (subject to hydrolysis) is 1. The molecule has 3 aromatic carbocycles. The molecule has 5 aliphatic rings. The number of aromatic nitrogens is 4. The Morgan fingerprint density at radius 1 is 0.627 bits per heavy atom. The van der Waals surface area contributed by atoms with E-state index in [0.29, 0.717) is 85.6 Å². The van der Waals surface area contributed by atoms with Crippen molar-refractivity contribution in [2.24, 2.45) is 17.3 Å². The number of nitrogens with one attached hydrogen (secondary N) is 4. The standard InChI is InChI=1S/C55H68F4N10O6/c1-29(2)46(64-53(72)73)51(70)67-19-9-11-44(67)49-60-38-25-32(34(56)27-40(38)62-49)42-13-14-43(69(42)31-23-36(58)48(37(59)24-31)66-21-17-55(18-22-66)15-7-6-8-16-55)33-26-39-41(28-35(33)57)63-50(61-39)45-12-10-20-68(45)52(71)47(30(3)4)65-54(74)75-5/h23-30,42-47,64H,6-22H2,1-5H3,(H,60,62)(H,61,63)(H,65,74)(H,72,73)/t42-,43-,44+,45+,46+,47+/m1/s1. The van der Waals surface area contributed by atoms with Crippen LogP contribution in [0.5, 0.6) is 0 Å². The third kappa shape index (κ3) is 9.93. The molecule has 1 saturated carbocycles. The Balaban J connectivity index is 0.998. The van der Waals surface area contributed by atoms with Crippen molar-refractivity contribution in [1.29, 1.82) is 0 Å². The molecular formula is C55H68F4N10O6. The minimum absolute atomic E-state index is 0.108. The molecule has 5 N–H and O–H groups in total. The largest absolute Gasteiger partial charge is 0.465 e. The molecule has 5 aromatic rings. The second kappa shape index (κ2) is 20.8. The van der Waals surface area contributed by atoms with Crippen LogP contribution in [0, 0.1) is 40.5 Å². The van der Waals surface area contributed by atoms with Crippen LogP contribution in [0.25, 0.3) is 22.1 Å². The van der Waals surface area contributed by atoms with E-state index >= 15 is 17.6 Å². The van der Waals surface area contributed by atoms with Crippen LogP contribution in [-0.2, 0) is 14.3 Å². The minimum atomic E-state index is -1.31. The highest BCUT2D eigenvalue weighted by molar-refractivity contribution is 5.87. The molecule has 20 heteroatoms. The van der Waals surface area contributed by atoms with E-state index < -0.39 is 71.7 Å². The molecule has 6 atom stereocenters. The maximum Gasteiger partial charge on any atom is 0.407 e. The number of H-pyrrole nitrogens is 2. The average Bonchev–Trinajstić information content (AvgIpc) is 4.24. The Hall–Kier alpha value is -6.60. The van der Waals surface area contributed by atoms with Crippen molar-refractivity contribution in [2.75, 3.05) is 43.1 Å². The Labute approximate surface area is 433 Å². The van der Waals surface area contributed by atoms with E-state index in [1.165, 1.54) is 50.6 Å². The number of carbonyl (C=O) groups is 4. The third-order valence-electron chi connectivity index (χ3n) is 17.0. The highest BCUT2D eigenvalue weighted by Crippen LogP contribution is 2.51. The predicted molar refractivity (Wildman–Crippen MR) is 274 cm³/mol. The van der Waals surface area contributed by atoms with Crippen molar-refractivity contribution in [3.8, 4) is 0 Å². The predicted octanol–water partition coefficient (Wildman–Crippen LogP) is 10.6. The lowest BCUT2D eigenvalue weighted by atomic mass is 9.68. The number of anilines is 2. The molecule has 1 spiro atoms. The van der Waals surface area contributed by atoms with Gasteiger partial charge >= 0.3 is 12.2 Å². The second-order valence-electron chi connectivity index (χ2n) is 22.3. The van der Waals surface area contributed by atoms with Gasteiger partial charge in [-0.25, -0.2) is 37.1 Å². The first-order chi connectivity index (χ1) is 35.9. The zero-order chi connectivity index (χ0) is 53.0. The summed E-state index contributed by atoms with van der Waals surface area (Å²) in [6.07, 6.45) is 8.44. The van der Waals surface area contributed by atoms with E-state index in [-0.39, 0.29) is 64.4 Å². The Morgan fingerprint density at radius 2 is 1.11 bits per heavy atom. The average molecular weight is 1040 g/mol. The number of hydrogen-bond acceptors (Lipinski definition) is 9. The van der Waals surface area contributed by atoms with Crippen LogP contribution in [0.3, 0.4) is 0 Å². The summed E-state index contributed by atoms with van der Waals surface area (Å²) in [5.41, 5.74) is 2.11. The first-order valence-electron chi connectivity index (χ1n) is 26.8. The number of benzene rings is 3. The SMILES string of the molecule is COC(=O)N[C@H](C(=O)N1CCC[C@H]1c1nc2cc([C@H]3CC[C@H](c4cc5nc([C@@H]6CCCN6C(=O)[C@@H](NC(=O)O)C(C)C)[nH]c5cc4F)N3c3cc(F)c(N4CCC5(CCCCC5)CC4)c(F)c3)c(F)cc2[nH]1)C(C)C. The van der Waals surface area contributed by atoms with E-state index in [0.717, 1.165) is 25.7 Å². The topological polar surface area (TPSA) is 192 Å². The summed E-state index contributed by atoms with van der Waals surface area (Å²) < 4.78 is 72.3. The lowest BCUT2D eigenvalue weighted by Crippen LogP contribution is -2.51. The number of imidazole rings is 2. The van der Waals surface area contributed by atoms with Crippen molar-refractivity contribution < 1.29 is 46.6 Å².